The molecule has 0 saturated carbocycles. The number of allylic oxidation sites excluding steroid dienone is 4. The highest BCUT2D eigenvalue weighted by Gasteiger charge is 2.27. The van der Waals surface area contributed by atoms with Crippen molar-refractivity contribution in [3.63, 3.8) is 0 Å². The molecular weight excluding hydrogens is 659 g/mol. The van der Waals surface area contributed by atoms with Gasteiger partial charge in [-0.25, -0.2) is 4.57 Å². The normalized spacial score (nSPS) is 14.3. The predicted octanol–water partition coefficient (Wildman–Crippen LogP) is 9.83. The number of hydrogen-bond acceptors (Lipinski definition) is 9. The highest BCUT2D eigenvalue weighted by molar-refractivity contribution is 7.47. The highest BCUT2D eigenvalue weighted by Crippen LogP contribution is 2.43. The number of carbonyl (C=O) groups excluding carboxylic acids is 2. The molecule has 0 saturated heterocycles. The quantitative estimate of drug-likeness (QED) is 0.0244. The maximum absolute atomic E-state index is 12.5. The molecule has 0 aromatic heterocycles. The lowest BCUT2D eigenvalue weighted by Gasteiger charge is -2.20. The van der Waals surface area contributed by atoms with Crippen LogP contribution in [0.3, 0.4) is 0 Å². The summed E-state index contributed by atoms with van der Waals surface area (Å²) in [4.78, 5) is 34.8. The van der Waals surface area contributed by atoms with Crippen LogP contribution in [0.15, 0.2) is 24.3 Å². The van der Waals surface area contributed by atoms with Crippen LogP contribution in [0.4, 0.5) is 0 Å². The van der Waals surface area contributed by atoms with Gasteiger partial charge in [-0.05, 0) is 64.2 Å². The molecule has 0 fully saturated rings. The molecule has 0 rings (SSSR count). The summed E-state index contributed by atoms with van der Waals surface area (Å²) in [6, 6.07) is 0. The Kier molecular flexibility index (Phi) is 34.7. The van der Waals surface area contributed by atoms with Gasteiger partial charge in [0.25, 0.3) is 0 Å². The van der Waals surface area contributed by atoms with E-state index in [2.05, 4.69) is 42.7 Å². The molecule has 3 atom stereocenters. The summed E-state index contributed by atoms with van der Waals surface area (Å²) in [7, 11) is -4.61. The fourth-order valence-electron chi connectivity index (χ4n) is 5.22. The minimum atomic E-state index is -4.61. The molecule has 0 spiro atoms. The first kappa shape index (κ1) is 48.5. The lowest BCUT2D eigenvalue weighted by Crippen LogP contribution is -2.29. The Hall–Kier alpha value is -1.55. The van der Waals surface area contributed by atoms with Crippen molar-refractivity contribution in [2.75, 3.05) is 26.4 Å². The number of carbonyl (C=O) groups is 2. The van der Waals surface area contributed by atoms with Crippen LogP contribution in [-0.2, 0) is 32.7 Å². The van der Waals surface area contributed by atoms with Gasteiger partial charge in [0.1, 0.15) is 12.7 Å². The molecule has 0 aliphatic rings. The fraction of sp³-hybridized carbons (Fsp3) is 0.846. The van der Waals surface area contributed by atoms with Gasteiger partial charge in [0, 0.05) is 12.8 Å². The van der Waals surface area contributed by atoms with Crippen molar-refractivity contribution in [2.45, 2.75) is 187 Å². The molecule has 0 heterocycles. The number of unbranched alkanes of at least 4 members (excludes halogenated alkanes) is 19. The van der Waals surface area contributed by atoms with E-state index < -0.39 is 51.8 Å². The van der Waals surface area contributed by atoms with Gasteiger partial charge >= 0.3 is 19.8 Å². The Balaban J connectivity index is 4.38. The van der Waals surface area contributed by atoms with E-state index in [1.807, 2.05) is 0 Å². The Morgan fingerprint density at radius 2 is 0.980 bits per heavy atom. The molecule has 294 valence electrons. The second-order valence-corrected chi connectivity index (χ2v) is 14.8. The minimum Gasteiger partial charge on any atom is -0.462 e. The van der Waals surface area contributed by atoms with E-state index in [1.54, 1.807) is 0 Å². The van der Waals surface area contributed by atoms with Gasteiger partial charge in [0.2, 0.25) is 0 Å². The molecule has 0 aliphatic heterocycles. The molecule has 0 amide bonds. The van der Waals surface area contributed by atoms with Gasteiger partial charge in [-0.3, -0.25) is 18.6 Å². The number of hydrogen-bond donors (Lipinski definition) is 3. The molecule has 0 aromatic rings. The summed E-state index contributed by atoms with van der Waals surface area (Å²) >= 11 is 0. The Bertz CT molecular complexity index is 894. The average Bonchev–Trinajstić information content (AvgIpc) is 3.10. The molecule has 0 bridgehead atoms. The van der Waals surface area contributed by atoms with Gasteiger partial charge in [0.05, 0.1) is 19.8 Å². The average molecular weight is 733 g/mol. The number of phosphoric acid groups is 1. The zero-order valence-electron chi connectivity index (χ0n) is 31.6. The summed E-state index contributed by atoms with van der Waals surface area (Å²) in [5, 5.41) is 18.3. The number of aliphatic hydroxyl groups is 2. The maximum Gasteiger partial charge on any atom is 0.472 e. The van der Waals surface area contributed by atoms with E-state index in [9.17, 15) is 24.2 Å². The van der Waals surface area contributed by atoms with Crippen molar-refractivity contribution >= 4 is 19.8 Å². The van der Waals surface area contributed by atoms with E-state index >= 15 is 0 Å². The smallest absolute Gasteiger partial charge is 0.462 e. The standard InChI is InChI=1S/C39H73O10P/c1-3-5-7-9-11-13-15-17-19-21-23-25-27-29-31-39(43)49-37(35-48-50(44,45)47-33-36(41)32-40)34-46-38(42)30-28-26-24-22-20-18-16-14-12-10-8-6-4-2/h14-17,36-37,40-41H,3-13,18-35H2,1-2H3,(H,44,45)/b16-14-,17-15-. The highest BCUT2D eigenvalue weighted by atomic mass is 31.2. The van der Waals surface area contributed by atoms with Crippen molar-refractivity contribution in [1.82, 2.24) is 0 Å². The zero-order chi connectivity index (χ0) is 37.0. The first-order valence-corrected chi connectivity index (χ1v) is 21.3. The first-order valence-electron chi connectivity index (χ1n) is 19.8. The lowest BCUT2D eigenvalue weighted by atomic mass is 10.1. The van der Waals surface area contributed by atoms with Crippen LogP contribution in [0, 0.1) is 0 Å². The second-order valence-electron chi connectivity index (χ2n) is 13.3. The molecule has 50 heavy (non-hydrogen) atoms. The van der Waals surface area contributed by atoms with Crippen LogP contribution in [0.1, 0.15) is 174 Å². The van der Waals surface area contributed by atoms with Crippen LogP contribution in [-0.4, -0.2) is 65.7 Å². The lowest BCUT2D eigenvalue weighted by molar-refractivity contribution is -0.161. The van der Waals surface area contributed by atoms with Gasteiger partial charge in [-0.15, -0.1) is 0 Å². The van der Waals surface area contributed by atoms with Gasteiger partial charge in [-0.1, -0.05) is 122 Å². The Morgan fingerprint density at radius 3 is 1.46 bits per heavy atom. The van der Waals surface area contributed by atoms with Crippen molar-refractivity contribution in [3.8, 4) is 0 Å². The topological polar surface area (TPSA) is 149 Å². The van der Waals surface area contributed by atoms with Gasteiger partial charge in [0.15, 0.2) is 6.10 Å². The molecule has 11 heteroatoms. The number of rotatable bonds is 37. The van der Waals surface area contributed by atoms with Crippen molar-refractivity contribution in [2.24, 2.45) is 0 Å². The summed E-state index contributed by atoms with van der Waals surface area (Å²) in [6.45, 7) is 2.33. The minimum absolute atomic E-state index is 0.174. The van der Waals surface area contributed by atoms with Gasteiger partial charge < -0.3 is 24.6 Å². The SMILES string of the molecule is CCCCCC/C=C\CCCCCCCC(=O)OCC(COP(=O)(O)OCC(O)CO)OC(=O)CCCCCCC/C=C\CCCCCCC. The molecular formula is C39H73O10P. The largest absolute Gasteiger partial charge is 0.472 e. The number of phosphoric ester groups is 1. The maximum atomic E-state index is 12.5. The monoisotopic (exact) mass is 732 g/mol. The molecule has 3 unspecified atom stereocenters. The molecule has 0 aliphatic carbocycles. The van der Waals surface area contributed by atoms with Crippen molar-refractivity contribution < 1.29 is 47.8 Å². The summed E-state index contributed by atoms with van der Waals surface area (Å²) in [6.07, 6.45) is 32.8. The first-order chi connectivity index (χ1) is 24.2. The number of aliphatic hydroxyl groups excluding tert-OH is 2. The summed E-state index contributed by atoms with van der Waals surface area (Å²) in [5.41, 5.74) is 0. The van der Waals surface area contributed by atoms with Gasteiger partial charge in [-0.2, -0.15) is 0 Å². The number of ether oxygens (including phenoxy) is 2. The van der Waals surface area contributed by atoms with Crippen LogP contribution < -0.4 is 0 Å². The van der Waals surface area contributed by atoms with E-state index in [1.165, 1.54) is 57.8 Å². The van der Waals surface area contributed by atoms with Crippen LogP contribution in [0.25, 0.3) is 0 Å². The Labute approximate surface area is 304 Å². The Morgan fingerprint density at radius 1 is 0.580 bits per heavy atom. The predicted molar refractivity (Wildman–Crippen MR) is 201 cm³/mol. The van der Waals surface area contributed by atoms with Crippen molar-refractivity contribution in [1.29, 1.82) is 0 Å². The van der Waals surface area contributed by atoms with Crippen LogP contribution in [0.5, 0.6) is 0 Å². The van der Waals surface area contributed by atoms with E-state index in [4.69, 9.17) is 19.1 Å². The molecule has 0 aromatic carbocycles. The molecule has 10 nitrogen and oxygen atoms in total. The zero-order valence-corrected chi connectivity index (χ0v) is 32.5. The summed E-state index contributed by atoms with van der Waals surface area (Å²) < 4.78 is 32.6. The summed E-state index contributed by atoms with van der Waals surface area (Å²) in [5.74, 6) is -0.944. The molecule has 0 radical (unpaired) electrons. The third-order valence-corrected chi connectivity index (χ3v) is 9.28. The number of esters is 2. The van der Waals surface area contributed by atoms with E-state index in [0.29, 0.717) is 12.8 Å². The van der Waals surface area contributed by atoms with E-state index in [0.717, 1.165) is 77.0 Å². The third-order valence-electron chi connectivity index (χ3n) is 8.33. The van der Waals surface area contributed by atoms with E-state index in [-0.39, 0.29) is 19.4 Å². The third kappa shape index (κ3) is 34.9. The second kappa shape index (κ2) is 35.8. The van der Waals surface area contributed by atoms with Crippen LogP contribution >= 0.6 is 7.82 Å². The van der Waals surface area contributed by atoms with Crippen LogP contribution in [0.2, 0.25) is 0 Å². The molecule has 3 N–H and O–H groups in total. The van der Waals surface area contributed by atoms with Crippen molar-refractivity contribution in [3.05, 3.63) is 24.3 Å². The fourth-order valence-corrected chi connectivity index (χ4v) is 6.01.